The van der Waals surface area contributed by atoms with Crippen LogP contribution >= 0.6 is 0 Å². The van der Waals surface area contributed by atoms with Crippen LogP contribution in [0.1, 0.15) is 36.2 Å². The summed E-state index contributed by atoms with van der Waals surface area (Å²) in [6.45, 7) is 7.04. The van der Waals surface area contributed by atoms with E-state index in [-0.39, 0.29) is 5.91 Å². The van der Waals surface area contributed by atoms with Crippen LogP contribution in [-0.2, 0) is 0 Å². The zero-order chi connectivity index (χ0) is 19.9. The maximum Gasteiger partial charge on any atom is 0.251 e. The zero-order valence-electron chi connectivity index (χ0n) is 16.6. The molecule has 1 amide bonds. The van der Waals surface area contributed by atoms with Crippen LogP contribution < -0.4 is 10.6 Å². The monoisotopic (exact) mass is 374 g/mol. The van der Waals surface area contributed by atoms with Gasteiger partial charge in [-0.3, -0.25) is 4.79 Å². The van der Waals surface area contributed by atoms with E-state index < -0.39 is 0 Å². The lowest BCUT2D eigenvalue weighted by Crippen LogP contribution is -2.25. The van der Waals surface area contributed by atoms with Crippen molar-refractivity contribution in [3.05, 3.63) is 71.8 Å². The highest BCUT2D eigenvalue weighted by Gasteiger charge is 2.06. The van der Waals surface area contributed by atoms with Crippen molar-refractivity contribution in [1.82, 2.24) is 15.5 Å². The van der Waals surface area contributed by atoms with E-state index in [9.17, 15) is 4.79 Å². The van der Waals surface area contributed by atoms with E-state index in [2.05, 4.69) is 53.7 Å². The molecule has 3 aromatic rings. The molecule has 0 saturated heterocycles. The predicted octanol–water partition coefficient (Wildman–Crippen LogP) is 4.97. The second kappa shape index (κ2) is 9.13. The number of aryl methyl sites for hydroxylation is 1. The summed E-state index contributed by atoms with van der Waals surface area (Å²) >= 11 is 0. The molecule has 1 heterocycles. The highest BCUT2D eigenvalue weighted by molar-refractivity contribution is 5.94. The molecule has 0 fully saturated rings. The molecule has 0 aliphatic rings. The Morgan fingerprint density at radius 2 is 1.64 bits per heavy atom. The fourth-order valence-corrected chi connectivity index (χ4v) is 2.71. The zero-order valence-corrected chi connectivity index (χ0v) is 16.6. The molecule has 0 atom stereocenters. The Kier molecular flexibility index (Phi) is 6.37. The number of hydrogen-bond donors (Lipinski definition) is 2. The average molecular weight is 374 g/mol. The van der Waals surface area contributed by atoms with Gasteiger partial charge in [0.1, 0.15) is 0 Å². The molecule has 0 spiro atoms. The number of hydrogen-bond acceptors (Lipinski definition) is 4. The number of aromatic nitrogens is 2. The van der Waals surface area contributed by atoms with Crippen LogP contribution in [0.25, 0.3) is 11.3 Å². The Morgan fingerprint density at radius 1 is 0.929 bits per heavy atom. The molecular weight excluding hydrogens is 348 g/mol. The van der Waals surface area contributed by atoms with Crippen molar-refractivity contribution in [2.75, 3.05) is 11.9 Å². The van der Waals surface area contributed by atoms with E-state index in [1.807, 2.05) is 36.4 Å². The first-order chi connectivity index (χ1) is 13.5. The number of anilines is 2. The lowest BCUT2D eigenvalue weighted by atomic mass is 10.1. The summed E-state index contributed by atoms with van der Waals surface area (Å²) in [6.07, 6.45) is 0.975. The van der Waals surface area contributed by atoms with Crippen molar-refractivity contribution in [3.8, 4) is 11.3 Å². The van der Waals surface area contributed by atoms with Crippen LogP contribution in [0.4, 0.5) is 11.5 Å². The fraction of sp³-hybridized carbons (Fsp3) is 0.261. The minimum atomic E-state index is -0.0468. The van der Waals surface area contributed by atoms with Crippen molar-refractivity contribution in [1.29, 1.82) is 0 Å². The van der Waals surface area contributed by atoms with E-state index in [1.165, 1.54) is 5.56 Å². The van der Waals surface area contributed by atoms with Gasteiger partial charge in [-0.1, -0.05) is 43.7 Å². The SMILES string of the molecule is Cc1ccc(-c2ccc(Nc3ccc(C(=O)NCCC(C)C)cc3)nn2)cc1. The van der Waals surface area contributed by atoms with Crippen LogP contribution in [0.2, 0.25) is 0 Å². The lowest BCUT2D eigenvalue weighted by Gasteiger charge is -2.09. The van der Waals surface area contributed by atoms with Crippen molar-refractivity contribution in [2.24, 2.45) is 5.92 Å². The third-order valence-electron chi connectivity index (χ3n) is 4.44. The largest absolute Gasteiger partial charge is 0.352 e. The standard InChI is InChI=1S/C23H26N4O/c1-16(2)14-15-24-23(28)19-8-10-20(11-9-19)25-22-13-12-21(26-27-22)18-6-4-17(3)5-7-18/h4-13,16H,14-15H2,1-3H3,(H,24,28)(H,25,27). The number of carbonyl (C=O) groups excluding carboxylic acids is 1. The molecule has 0 aliphatic carbocycles. The summed E-state index contributed by atoms with van der Waals surface area (Å²) in [7, 11) is 0. The molecule has 1 aromatic heterocycles. The van der Waals surface area contributed by atoms with Gasteiger partial charge in [-0.2, -0.15) is 0 Å². The first-order valence-electron chi connectivity index (χ1n) is 9.57. The third-order valence-corrected chi connectivity index (χ3v) is 4.44. The molecule has 0 aliphatic heterocycles. The summed E-state index contributed by atoms with van der Waals surface area (Å²) in [5, 5.41) is 14.7. The Hall–Kier alpha value is -3.21. The van der Waals surface area contributed by atoms with Crippen LogP contribution in [0.3, 0.4) is 0 Å². The van der Waals surface area contributed by atoms with Gasteiger partial charge >= 0.3 is 0 Å². The van der Waals surface area contributed by atoms with E-state index in [0.29, 0.717) is 23.8 Å². The number of nitrogens with one attached hydrogen (secondary N) is 2. The summed E-state index contributed by atoms with van der Waals surface area (Å²) in [5.74, 6) is 1.19. The van der Waals surface area contributed by atoms with E-state index >= 15 is 0 Å². The molecule has 2 N–H and O–H groups in total. The Bertz CT molecular complexity index is 901. The van der Waals surface area contributed by atoms with Gasteiger partial charge in [0.15, 0.2) is 5.82 Å². The van der Waals surface area contributed by atoms with E-state index in [4.69, 9.17) is 0 Å². The van der Waals surface area contributed by atoms with Crippen LogP contribution in [0.15, 0.2) is 60.7 Å². The van der Waals surface area contributed by atoms with Crippen LogP contribution in [0, 0.1) is 12.8 Å². The lowest BCUT2D eigenvalue weighted by molar-refractivity contribution is 0.0952. The van der Waals surface area contributed by atoms with E-state index in [0.717, 1.165) is 23.4 Å². The normalized spacial score (nSPS) is 10.7. The second-order valence-electron chi connectivity index (χ2n) is 7.31. The van der Waals surface area contributed by atoms with Crippen LogP contribution in [0.5, 0.6) is 0 Å². The maximum absolute atomic E-state index is 12.1. The molecule has 3 rings (SSSR count). The van der Waals surface area contributed by atoms with Gasteiger partial charge in [0.25, 0.3) is 5.91 Å². The molecule has 144 valence electrons. The molecule has 0 saturated carbocycles. The van der Waals surface area contributed by atoms with Crippen molar-refractivity contribution in [2.45, 2.75) is 27.2 Å². The number of rotatable bonds is 7. The second-order valence-corrected chi connectivity index (χ2v) is 7.31. The average Bonchev–Trinajstić information content (AvgIpc) is 2.69. The van der Waals surface area contributed by atoms with Gasteiger partial charge in [0, 0.05) is 23.4 Å². The van der Waals surface area contributed by atoms with Crippen molar-refractivity contribution in [3.63, 3.8) is 0 Å². The number of nitrogens with zero attached hydrogens (tertiary/aromatic N) is 2. The molecular formula is C23H26N4O. The summed E-state index contributed by atoms with van der Waals surface area (Å²) in [6, 6.07) is 19.4. The minimum absolute atomic E-state index is 0.0468. The molecule has 0 unspecified atom stereocenters. The number of benzene rings is 2. The minimum Gasteiger partial charge on any atom is -0.352 e. The highest BCUT2D eigenvalue weighted by Crippen LogP contribution is 2.20. The topological polar surface area (TPSA) is 66.9 Å². The number of carbonyl (C=O) groups is 1. The molecule has 0 radical (unpaired) electrons. The summed E-state index contributed by atoms with van der Waals surface area (Å²) in [5.41, 5.74) is 4.59. The van der Waals surface area contributed by atoms with Crippen molar-refractivity contribution >= 4 is 17.4 Å². The quantitative estimate of drug-likeness (QED) is 0.613. The summed E-state index contributed by atoms with van der Waals surface area (Å²) in [4.78, 5) is 12.1. The third kappa shape index (κ3) is 5.39. The predicted molar refractivity (Wildman–Crippen MR) is 114 cm³/mol. The number of amides is 1. The van der Waals surface area contributed by atoms with Gasteiger partial charge in [-0.05, 0) is 55.7 Å². The fourth-order valence-electron chi connectivity index (χ4n) is 2.71. The van der Waals surface area contributed by atoms with Gasteiger partial charge < -0.3 is 10.6 Å². The first-order valence-corrected chi connectivity index (χ1v) is 9.57. The van der Waals surface area contributed by atoms with E-state index in [1.54, 1.807) is 12.1 Å². The maximum atomic E-state index is 12.1. The Balaban J connectivity index is 1.59. The highest BCUT2D eigenvalue weighted by atomic mass is 16.1. The molecule has 5 heteroatoms. The smallest absolute Gasteiger partial charge is 0.251 e. The van der Waals surface area contributed by atoms with Crippen molar-refractivity contribution < 1.29 is 4.79 Å². The molecule has 0 bridgehead atoms. The molecule has 2 aromatic carbocycles. The molecule has 5 nitrogen and oxygen atoms in total. The Morgan fingerprint density at radius 3 is 2.25 bits per heavy atom. The molecule has 28 heavy (non-hydrogen) atoms. The van der Waals surface area contributed by atoms with Gasteiger partial charge in [0.2, 0.25) is 0 Å². The Labute approximate surface area is 166 Å². The van der Waals surface area contributed by atoms with Gasteiger partial charge in [-0.15, -0.1) is 10.2 Å². The van der Waals surface area contributed by atoms with Gasteiger partial charge in [0.05, 0.1) is 5.69 Å². The van der Waals surface area contributed by atoms with Gasteiger partial charge in [-0.25, -0.2) is 0 Å². The summed E-state index contributed by atoms with van der Waals surface area (Å²) < 4.78 is 0. The van der Waals surface area contributed by atoms with Crippen LogP contribution in [-0.4, -0.2) is 22.6 Å². The first kappa shape index (κ1) is 19.5.